The minimum Gasteiger partial charge on any atom is -0.368 e. The number of aromatic nitrogens is 3. The van der Waals surface area contributed by atoms with Crippen LogP contribution in [0.2, 0.25) is 0 Å². The Morgan fingerprint density at radius 1 is 0.929 bits per heavy atom. The lowest BCUT2D eigenvalue weighted by molar-refractivity contribution is -0.137. The van der Waals surface area contributed by atoms with Gasteiger partial charge >= 0.3 is 12.2 Å². The Labute approximate surface area is 318 Å². The average Bonchev–Trinajstić information content (AvgIpc) is 3.74. The van der Waals surface area contributed by atoms with Crippen molar-refractivity contribution in [3.8, 4) is 11.8 Å². The van der Waals surface area contributed by atoms with Gasteiger partial charge in [0.25, 0.3) is 11.8 Å². The van der Waals surface area contributed by atoms with Gasteiger partial charge in [0.2, 0.25) is 5.91 Å². The fourth-order valence-electron chi connectivity index (χ4n) is 7.11. The Bertz CT molecular complexity index is 2480. The van der Waals surface area contributed by atoms with Crippen molar-refractivity contribution >= 4 is 40.8 Å². The second kappa shape index (κ2) is 14.5. The normalized spacial score (nSPS) is 16.1. The first-order chi connectivity index (χ1) is 26.9. The zero-order valence-electron chi connectivity index (χ0n) is 30.1. The molecule has 0 saturated carbocycles. The standard InChI is InChI=1S/C40H34F3N9O4/c1-25-4-6-28(20-27(25)7-9-31-22-44-35-3-2-13-45-52(31)35)37(54)46-30-8-11-34(33(21-30)40(41,42)43)49-17-15-48(16-18-49)23-26-5-10-32-29(19-26)24-51(38(32)55)50-14-12-36(53)47-39(50)56/h2-6,8,10-11,13,19-22H,12,14-18,23-24H2,1H3,(H,46,54)(H,47,53,56). The van der Waals surface area contributed by atoms with Crippen LogP contribution in [0.1, 0.15) is 60.6 Å². The van der Waals surface area contributed by atoms with Gasteiger partial charge in [-0.2, -0.15) is 18.3 Å². The van der Waals surface area contributed by atoms with Gasteiger partial charge in [0.05, 0.1) is 24.8 Å². The topological polar surface area (TPSA) is 135 Å². The molecule has 5 amide bonds. The summed E-state index contributed by atoms with van der Waals surface area (Å²) >= 11 is 0. The SMILES string of the molecule is Cc1ccc(C(=O)Nc2ccc(N3CCN(Cc4ccc5c(c4)CN(N4CCC(=O)NC4=O)C5=O)CC3)c(C(F)(F)F)c2)cc1C#Cc1cnc2cccnn12. The quantitative estimate of drug-likeness (QED) is 0.235. The maximum Gasteiger partial charge on any atom is 0.418 e. The third kappa shape index (κ3) is 7.23. The number of carbonyl (C=O) groups excluding carboxylic acids is 4. The van der Waals surface area contributed by atoms with E-state index in [1.165, 1.54) is 22.2 Å². The first kappa shape index (κ1) is 36.3. The number of rotatable bonds is 6. The van der Waals surface area contributed by atoms with E-state index in [-0.39, 0.29) is 48.3 Å². The van der Waals surface area contributed by atoms with Gasteiger partial charge in [-0.05, 0) is 78.1 Å². The van der Waals surface area contributed by atoms with Gasteiger partial charge in [-0.1, -0.05) is 24.1 Å². The van der Waals surface area contributed by atoms with Crippen LogP contribution in [0.3, 0.4) is 0 Å². The summed E-state index contributed by atoms with van der Waals surface area (Å²) in [6.45, 7) is 4.35. The van der Waals surface area contributed by atoms with Crippen LogP contribution in [0.4, 0.5) is 29.3 Å². The first-order valence-corrected chi connectivity index (χ1v) is 17.9. The number of hydrogen-bond donors (Lipinski definition) is 2. The fourth-order valence-corrected chi connectivity index (χ4v) is 7.11. The van der Waals surface area contributed by atoms with Crippen LogP contribution in [-0.2, 0) is 24.1 Å². The van der Waals surface area contributed by atoms with E-state index < -0.39 is 23.7 Å². The van der Waals surface area contributed by atoms with Gasteiger partial charge in [0.15, 0.2) is 5.65 Å². The second-order valence-corrected chi connectivity index (χ2v) is 13.7. The minimum absolute atomic E-state index is 0.0118. The number of anilines is 2. The van der Waals surface area contributed by atoms with E-state index in [2.05, 4.69) is 37.5 Å². The molecule has 0 aliphatic carbocycles. The number of halogens is 3. The third-order valence-corrected chi connectivity index (χ3v) is 10.1. The molecule has 0 radical (unpaired) electrons. The smallest absolute Gasteiger partial charge is 0.368 e. The number of nitrogens with zero attached hydrogens (tertiary/aromatic N) is 7. The van der Waals surface area contributed by atoms with E-state index in [9.17, 15) is 32.3 Å². The zero-order chi connectivity index (χ0) is 39.1. The third-order valence-electron chi connectivity index (χ3n) is 10.1. The molecule has 3 aromatic carbocycles. The summed E-state index contributed by atoms with van der Waals surface area (Å²) in [7, 11) is 0. The molecule has 2 fully saturated rings. The number of hydrazine groups is 1. The van der Waals surface area contributed by atoms with E-state index in [4.69, 9.17) is 0 Å². The number of piperazine rings is 1. The van der Waals surface area contributed by atoms with Crippen LogP contribution in [0.15, 0.2) is 79.1 Å². The summed E-state index contributed by atoms with van der Waals surface area (Å²) in [5.41, 5.74) is 4.21. The summed E-state index contributed by atoms with van der Waals surface area (Å²) in [4.78, 5) is 58.3. The van der Waals surface area contributed by atoms with Crippen LogP contribution >= 0.6 is 0 Å². The lowest BCUT2D eigenvalue weighted by Crippen LogP contribution is -2.56. The molecule has 5 aromatic rings. The second-order valence-electron chi connectivity index (χ2n) is 13.7. The summed E-state index contributed by atoms with van der Waals surface area (Å²) in [6.07, 6.45) is -1.35. The molecule has 13 nitrogen and oxygen atoms in total. The highest BCUT2D eigenvalue weighted by atomic mass is 19.4. The van der Waals surface area contributed by atoms with Crippen molar-refractivity contribution in [2.45, 2.75) is 32.6 Å². The molecule has 2 saturated heterocycles. The van der Waals surface area contributed by atoms with Crippen molar-refractivity contribution in [3.05, 3.63) is 124 Å². The van der Waals surface area contributed by atoms with Crippen molar-refractivity contribution in [2.24, 2.45) is 0 Å². The van der Waals surface area contributed by atoms with Crippen LogP contribution in [0.25, 0.3) is 5.65 Å². The molecular weight excluding hydrogens is 727 g/mol. The molecule has 0 unspecified atom stereocenters. The number of imidazole rings is 1. The summed E-state index contributed by atoms with van der Waals surface area (Å²) in [6, 6.07) is 17.2. The number of imide groups is 1. The molecule has 0 atom stereocenters. The highest BCUT2D eigenvalue weighted by Gasteiger charge is 2.38. The van der Waals surface area contributed by atoms with Crippen molar-refractivity contribution < 1.29 is 32.3 Å². The number of fused-ring (bicyclic) bond motifs is 2. The van der Waals surface area contributed by atoms with Crippen LogP contribution in [-0.4, -0.2) is 86.0 Å². The van der Waals surface area contributed by atoms with E-state index in [1.807, 2.05) is 19.1 Å². The Kier molecular flexibility index (Phi) is 9.38. The lowest BCUT2D eigenvalue weighted by atomic mass is 10.0. The predicted molar refractivity (Wildman–Crippen MR) is 198 cm³/mol. The number of nitrogens with one attached hydrogen (secondary N) is 2. The summed E-state index contributed by atoms with van der Waals surface area (Å²) < 4.78 is 45.0. The van der Waals surface area contributed by atoms with E-state index in [0.717, 1.165) is 22.8 Å². The van der Waals surface area contributed by atoms with Crippen LogP contribution in [0.5, 0.6) is 0 Å². The molecule has 3 aliphatic heterocycles. The first-order valence-electron chi connectivity index (χ1n) is 17.9. The van der Waals surface area contributed by atoms with E-state index in [0.29, 0.717) is 55.2 Å². The lowest BCUT2D eigenvalue weighted by Gasteiger charge is -2.37. The summed E-state index contributed by atoms with van der Waals surface area (Å²) in [5, 5.41) is 11.7. The molecular formula is C40H34F3N9O4. The number of aryl methyl sites for hydroxylation is 1. The zero-order valence-corrected chi connectivity index (χ0v) is 30.1. The van der Waals surface area contributed by atoms with Gasteiger partial charge < -0.3 is 10.2 Å². The molecule has 5 heterocycles. The largest absolute Gasteiger partial charge is 0.418 e. The Morgan fingerprint density at radius 3 is 2.54 bits per heavy atom. The minimum atomic E-state index is -4.67. The van der Waals surface area contributed by atoms with Crippen molar-refractivity contribution in [1.29, 1.82) is 0 Å². The molecule has 0 bridgehead atoms. The average molecular weight is 762 g/mol. The number of benzene rings is 3. The Hall–Kier alpha value is -6.73. The van der Waals surface area contributed by atoms with Crippen LogP contribution < -0.4 is 15.5 Å². The number of alkyl halides is 3. The highest BCUT2D eigenvalue weighted by Crippen LogP contribution is 2.39. The molecule has 2 aromatic heterocycles. The Morgan fingerprint density at radius 2 is 1.75 bits per heavy atom. The van der Waals surface area contributed by atoms with E-state index >= 15 is 0 Å². The molecule has 2 N–H and O–H groups in total. The molecule has 16 heteroatoms. The fraction of sp³-hybridized carbons (Fsp3) is 0.250. The summed E-state index contributed by atoms with van der Waals surface area (Å²) in [5.74, 6) is 4.81. The van der Waals surface area contributed by atoms with Gasteiger partial charge in [0, 0.05) is 73.4 Å². The maximum absolute atomic E-state index is 14.5. The number of urea groups is 1. The molecule has 56 heavy (non-hydrogen) atoms. The number of amides is 5. The van der Waals surface area contributed by atoms with E-state index in [1.54, 1.807) is 58.2 Å². The molecule has 284 valence electrons. The van der Waals surface area contributed by atoms with Gasteiger partial charge in [0.1, 0.15) is 5.69 Å². The maximum atomic E-state index is 14.5. The predicted octanol–water partition coefficient (Wildman–Crippen LogP) is 4.84. The van der Waals surface area contributed by atoms with Gasteiger partial charge in [-0.15, -0.1) is 0 Å². The van der Waals surface area contributed by atoms with Gasteiger partial charge in [-0.25, -0.2) is 24.3 Å². The molecule has 8 rings (SSSR count). The Balaban J connectivity index is 0.912. The number of carbonyl (C=O) groups is 4. The van der Waals surface area contributed by atoms with Crippen molar-refractivity contribution in [1.82, 2.24) is 34.8 Å². The monoisotopic (exact) mass is 761 g/mol. The number of hydrogen-bond acceptors (Lipinski definition) is 8. The van der Waals surface area contributed by atoms with Crippen molar-refractivity contribution in [3.63, 3.8) is 0 Å². The molecule has 3 aliphatic rings. The molecule has 0 spiro atoms. The van der Waals surface area contributed by atoms with Gasteiger partial charge in [-0.3, -0.25) is 24.6 Å². The highest BCUT2D eigenvalue weighted by molar-refractivity contribution is 6.05. The van der Waals surface area contributed by atoms with Crippen LogP contribution in [0, 0.1) is 18.8 Å². The van der Waals surface area contributed by atoms with Crippen molar-refractivity contribution in [2.75, 3.05) is 42.9 Å².